The number of allylic oxidation sites excluding steroid dienone is 1. The molecule has 3 aliphatic rings. The van der Waals surface area contributed by atoms with Crippen molar-refractivity contribution in [2.24, 2.45) is 5.92 Å². The van der Waals surface area contributed by atoms with E-state index >= 15 is 0 Å². The predicted molar refractivity (Wildman–Crippen MR) is 65.2 cm³/mol. The third-order valence-corrected chi connectivity index (χ3v) is 9.67. The molecule has 0 amide bonds. The van der Waals surface area contributed by atoms with Gasteiger partial charge in [0.15, 0.2) is 0 Å². The van der Waals surface area contributed by atoms with E-state index in [0.717, 1.165) is 3.81 Å². The number of alkyl halides is 1. The normalized spacial score (nSPS) is 59.0. The highest BCUT2D eigenvalue weighted by Gasteiger charge is 2.63. The van der Waals surface area contributed by atoms with Crippen LogP contribution in [0.3, 0.4) is 0 Å². The number of hydrogen-bond acceptors (Lipinski definition) is 2. The molecule has 2 nitrogen and oxygen atoms in total. The zero-order valence-corrected chi connectivity index (χ0v) is 11.7. The molecule has 0 radical (unpaired) electrons. The molecule has 76 valence electrons. The van der Waals surface area contributed by atoms with Crippen LogP contribution in [0.4, 0.5) is 0 Å². The summed E-state index contributed by atoms with van der Waals surface area (Å²) in [5, 5.41) is -0.0545. The Morgan fingerprint density at radius 3 is 2.79 bits per heavy atom. The van der Waals surface area contributed by atoms with Gasteiger partial charge in [-0.3, -0.25) is 8.42 Å². The SMILES string of the molecule is O=S1C(Br)=C[C@@H]2[C@H]1[C@@H]1C=C[C@@]2(Br)S1=O. The van der Waals surface area contributed by atoms with Crippen molar-refractivity contribution in [1.29, 1.82) is 0 Å². The summed E-state index contributed by atoms with van der Waals surface area (Å²) in [4.78, 5) is 0. The van der Waals surface area contributed by atoms with Gasteiger partial charge in [-0.1, -0.05) is 34.2 Å². The first-order valence-electron chi connectivity index (χ1n) is 4.12. The first kappa shape index (κ1) is 9.93. The van der Waals surface area contributed by atoms with Crippen molar-refractivity contribution < 1.29 is 8.42 Å². The first-order chi connectivity index (χ1) is 6.55. The van der Waals surface area contributed by atoms with Crippen LogP contribution in [0.15, 0.2) is 22.0 Å². The van der Waals surface area contributed by atoms with Crippen molar-refractivity contribution in [3.63, 3.8) is 0 Å². The summed E-state index contributed by atoms with van der Waals surface area (Å²) in [6.07, 6.45) is 5.83. The van der Waals surface area contributed by atoms with Gasteiger partial charge >= 0.3 is 0 Å². The highest BCUT2D eigenvalue weighted by Crippen LogP contribution is 2.56. The molecular formula is C8H6Br2O2S2. The highest BCUT2D eigenvalue weighted by molar-refractivity contribution is 9.13. The van der Waals surface area contributed by atoms with Gasteiger partial charge in [0.25, 0.3) is 0 Å². The summed E-state index contributed by atoms with van der Waals surface area (Å²) < 4.78 is 24.1. The molecule has 3 aliphatic heterocycles. The lowest BCUT2D eigenvalue weighted by atomic mass is 9.94. The van der Waals surface area contributed by atoms with Gasteiger partial charge in [-0.05, 0) is 15.9 Å². The van der Waals surface area contributed by atoms with Crippen LogP contribution in [0.2, 0.25) is 0 Å². The van der Waals surface area contributed by atoms with Gasteiger partial charge in [-0.25, -0.2) is 0 Å². The van der Waals surface area contributed by atoms with E-state index in [9.17, 15) is 8.42 Å². The van der Waals surface area contributed by atoms with Gasteiger partial charge in [0.1, 0.15) is 3.66 Å². The molecule has 3 heterocycles. The Hall–Kier alpha value is 0.740. The summed E-state index contributed by atoms with van der Waals surface area (Å²) in [7, 11) is -1.98. The number of hydrogen-bond donors (Lipinski definition) is 0. The van der Waals surface area contributed by atoms with Crippen LogP contribution in [0.1, 0.15) is 0 Å². The zero-order valence-electron chi connectivity index (χ0n) is 6.85. The van der Waals surface area contributed by atoms with Crippen LogP contribution in [0.25, 0.3) is 0 Å². The molecule has 0 aliphatic carbocycles. The van der Waals surface area contributed by atoms with E-state index in [0.29, 0.717) is 0 Å². The van der Waals surface area contributed by atoms with Crippen LogP contribution in [-0.2, 0) is 21.6 Å². The summed E-state index contributed by atoms with van der Waals surface area (Å²) >= 11 is 6.83. The molecule has 0 N–H and O–H groups in total. The maximum Gasteiger partial charge on any atom is 0.127 e. The Balaban J connectivity index is 2.18. The fourth-order valence-corrected chi connectivity index (χ4v) is 8.48. The standard InChI is InChI=1S/C8H6Br2O2S2/c9-6-3-4-7(13(6)11)5-1-2-8(4,10)14(5)12/h1-5,7H/t4-,5+,7+,8-,13?,14?/m1/s1. The Morgan fingerprint density at radius 1 is 1.43 bits per heavy atom. The van der Waals surface area contributed by atoms with E-state index in [4.69, 9.17) is 0 Å². The molecule has 14 heavy (non-hydrogen) atoms. The van der Waals surface area contributed by atoms with Crippen molar-refractivity contribution in [1.82, 2.24) is 0 Å². The first-order valence-corrected chi connectivity index (χ1v) is 8.14. The minimum Gasteiger partial charge on any atom is -0.257 e. The average molecular weight is 358 g/mol. The second-order valence-electron chi connectivity index (χ2n) is 3.58. The lowest BCUT2D eigenvalue weighted by molar-refractivity contribution is 0.619. The summed E-state index contributed by atoms with van der Waals surface area (Å²) in [6.45, 7) is 0. The van der Waals surface area contributed by atoms with Gasteiger partial charge < -0.3 is 0 Å². The van der Waals surface area contributed by atoms with E-state index < -0.39 is 25.3 Å². The molecule has 1 fully saturated rings. The molecule has 3 rings (SSSR count). The molecule has 0 aromatic carbocycles. The topological polar surface area (TPSA) is 34.1 Å². The Kier molecular flexibility index (Phi) is 2.06. The molecule has 2 bridgehead atoms. The molecule has 6 heteroatoms. The molecule has 0 aromatic rings. The minimum absolute atomic E-state index is 0.00502. The van der Waals surface area contributed by atoms with Crippen LogP contribution < -0.4 is 0 Å². The van der Waals surface area contributed by atoms with Crippen molar-refractivity contribution >= 4 is 53.5 Å². The molecule has 2 unspecified atom stereocenters. The maximum atomic E-state index is 12.0. The Bertz CT molecular complexity index is 431. The van der Waals surface area contributed by atoms with Crippen molar-refractivity contribution in [2.75, 3.05) is 0 Å². The molecule has 0 aromatic heterocycles. The Morgan fingerprint density at radius 2 is 2.14 bits per heavy atom. The van der Waals surface area contributed by atoms with Gasteiger partial charge in [-0.2, -0.15) is 0 Å². The lowest BCUT2D eigenvalue weighted by Crippen LogP contribution is -2.31. The third-order valence-electron chi connectivity index (χ3n) is 2.95. The monoisotopic (exact) mass is 356 g/mol. The van der Waals surface area contributed by atoms with Crippen molar-refractivity contribution in [3.8, 4) is 0 Å². The smallest absolute Gasteiger partial charge is 0.127 e. The molecule has 6 atom stereocenters. The zero-order chi connectivity index (χ0) is 10.1. The number of rotatable bonds is 0. The maximum absolute atomic E-state index is 12.0. The largest absolute Gasteiger partial charge is 0.257 e. The van der Waals surface area contributed by atoms with Crippen molar-refractivity contribution in [2.45, 2.75) is 14.2 Å². The summed E-state index contributed by atoms with van der Waals surface area (Å²) in [5.41, 5.74) is 0. The second kappa shape index (κ2) is 2.90. The third kappa shape index (κ3) is 0.961. The van der Waals surface area contributed by atoms with E-state index in [-0.39, 0.29) is 16.4 Å². The quantitative estimate of drug-likeness (QED) is 0.489. The highest BCUT2D eigenvalue weighted by atomic mass is 79.9. The predicted octanol–water partition coefficient (Wildman–Crippen LogP) is 1.76. The van der Waals surface area contributed by atoms with Crippen LogP contribution in [0.5, 0.6) is 0 Å². The fourth-order valence-electron chi connectivity index (χ4n) is 2.28. The fraction of sp³-hybridized carbons (Fsp3) is 0.500. The molecule has 1 saturated heterocycles. The Labute approximate surface area is 103 Å². The number of fused-ring (bicyclic) bond motifs is 5. The summed E-state index contributed by atoms with van der Waals surface area (Å²) in [6, 6.07) is 0. The molecule has 0 saturated carbocycles. The number of halogens is 2. The van der Waals surface area contributed by atoms with Gasteiger partial charge in [-0.15, -0.1) is 0 Å². The van der Waals surface area contributed by atoms with E-state index in [1.807, 2.05) is 18.2 Å². The summed E-state index contributed by atoms with van der Waals surface area (Å²) in [5.74, 6) is 0.105. The van der Waals surface area contributed by atoms with Crippen LogP contribution in [0, 0.1) is 5.92 Å². The van der Waals surface area contributed by atoms with Gasteiger partial charge in [0.05, 0.1) is 35.9 Å². The van der Waals surface area contributed by atoms with Gasteiger partial charge in [0.2, 0.25) is 0 Å². The van der Waals surface area contributed by atoms with E-state index in [1.165, 1.54) is 0 Å². The van der Waals surface area contributed by atoms with E-state index in [2.05, 4.69) is 31.9 Å². The van der Waals surface area contributed by atoms with Crippen LogP contribution >= 0.6 is 31.9 Å². The van der Waals surface area contributed by atoms with Gasteiger partial charge in [0, 0.05) is 5.92 Å². The van der Waals surface area contributed by atoms with E-state index in [1.54, 1.807) is 0 Å². The minimum atomic E-state index is -1.02. The average Bonchev–Trinajstić information content (AvgIpc) is 2.65. The molecule has 0 spiro atoms. The van der Waals surface area contributed by atoms with Crippen molar-refractivity contribution in [3.05, 3.63) is 22.0 Å². The second-order valence-corrected chi connectivity index (χ2v) is 10.2. The van der Waals surface area contributed by atoms with Crippen LogP contribution in [-0.4, -0.2) is 22.6 Å². The lowest BCUT2D eigenvalue weighted by Gasteiger charge is -2.21. The molecular weight excluding hydrogens is 352 g/mol.